The lowest BCUT2D eigenvalue weighted by molar-refractivity contribution is 0.572. The molecular weight excluding hydrogens is 346 g/mol. The summed E-state index contributed by atoms with van der Waals surface area (Å²) in [7, 11) is -3.94. The lowest BCUT2D eigenvalue weighted by Gasteiger charge is -2.14. The van der Waals surface area contributed by atoms with E-state index < -0.39 is 15.6 Å². The summed E-state index contributed by atoms with van der Waals surface area (Å²) in [5.74, 6) is -0.0122. The smallest absolute Gasteiger partial charge is 0.267 e. The largest absolute Gasteiger partial charge is 0.279 e. The van der Waals surface area contributed by atoms with Gasteiger partial charge in [-0.2, -0.15) is 0 Å². The fraction of sp³-hybridized carbons (Fsp3) is 0.250. The van der Waals surface area contributed by atoms with Crippen molar-refractivity contribution in [3.63, 3.8) is 0 Å². The van der Waals surface area contributed by atoms with Crippen LogP contribution in [-0.4, -0.2) is 24.3 Å². The van der Waals surface area contributed by atoms with Gasteiger partial charge in [-0.05, 0) is 18.4 Å². The lowest BCUT2D eigenvalue weighted by atomic mass is 10.0. The van der Waals surface area contributed by atoms with Crippen LogP contribution in [0.25, 0.3) is 4.96 Å². The van der Waals surface area contributed by atoms with Crippen LogP contribution < -0.4 is 10.3 Å². The number of nitrogens with one attached hydrogen (secondary N) is 1. The van der Waals surface area contributed by atoms with Crippen molar-refractivity contribution in [1.29, 1.82) is 0 Å². The van der Waals surface area contributed by atoms with Gasteiger partial charge in [0.05, 0.1) is 5.69 Å². The normalized spacial score (nSPS) is 13.2. The number of aryl methyl sites for hydroxylation is 1. The van der Waals surface area contributed by atoms with Crippen LogP contribution in [-0.2, 0) is 10.0 Å². The minimum atomic E-state index is -3.94. The maximum atomic E-state index is 12.6. The second-order valence-corrected chi connectivity index (χ2v) is 8.13. The zero-order chi connectivity index (χ0) is 17.3. The molecule has 0 fully saturated rings. The minimum Gasteiger partial charge on any atom is -0.267 e. The van der Waals surface area contributed by atoms with Gasteiger partial charge in [0.15, 0.2) is 9.86 Å². The van der Waals surface area contributed by atoms with Gasteiger partial charge in [-0.3, -0.25) is 9.20 Å². The van der Waals surface area contributed by atoms with Gasteiger partial charge in [0.1, 0.15) is 0 Å². The predicted octanol–water partition coefficient (Wildman–Crippen LogP) is 2.15. The van der Waals surface area contributed by atoms with E-state index in [0.29, 0.717) is 4.96 Å². The van der Waals surface area contributed by atoms with Gasteiger partial charge in [-0.15, -0.1) is 11.3 Å². The second kappa shape index (κ2) is 6.46. The van der Waals surface area contributed by atoms with E-state index in [1.807, 2.05) is 37.3 Å². The third-order valence-corrected chi connectivity index (χ3v) is 6.12. The van der Waals surface area contributed by atoms with Crippen LogP contribution >= 0.6 is 11.3 Å². The quantitative estimate of drug-likeness (QED) is 0.753. The first-order valence-corrected chi connectivity index (χ1v) is 9.77. The Morgan fingerprint density at radius 3 is 2.71 bits per heavy atom. The molecule has 0 spiro atoms. The van der Waals surface area contributed by atoms with E-state index in [1.54, 1.807) is 5.38 Å². The van der Waals surface area contributed by atoms with Gasteiger partial charge in [0.2, 0.25) is 10.0 Å². The topological polar surface area (TPSA) is 80.5 Å². The van der Waals surface area contributed by atoms with Crippen molar-refractivity contribution in [3.8, 4) is 0 Å². The monoisotopic (exact) mass is 363 g/mol. The highest BCUT2D eigenvalue weighted by Crippen LogP contribution is 2.16. The van der Waals surface area contributed by atoms with E-state index in [9.17, 15) is 13.2 Å². The fourth-order valence-electron chi connectivity index (χ4n) is 2.48. The molecule has 0 aliphatic rings. The molecule has 0 unspecified atom stereocenters. The Hall–Kier alpha value is -2.03. The molecule has 0 bridgehead atoms. The molecule has 3 rings (SSSR count). The molecule has 8 heteroatoms. The molecule has 2 aromatic heterocycles. The van der Waals surface area contributed by atoms with Crippen molar-refractivity contribution in [1.82, 2.24) is 14.1 Å². The summed E-state index contributed by atoms with van der Waals surface area (Å²) in [5, 5.41) is 1.70. The van der Waals surface area contributed by atoms with Crippen molar-refractivity contribution in [2.45, 2.75) is 24.7 Å². The van der Waals surface area contributed by atoms with E-state index in [-0.39, 0.29) is 23.1 Å². The zero-order valence-corrected chi connectivity index (χ0v) is 14.9. The molecule has 0 amide bonds. The van der Waals surface area contributed by atoms with Crippen LogP contribution in [0.2, 0.25) is 0 Å². The van der Waals surface area contributed by atoms with Gasteiger partial charge in [0.25, 0.3) is 5.56 Å². The number of hydrogen-bond donors (Lipinski definition) is 1. The standard InChI is InChI=1S/C16H17N3O3S2/c1-11(13-6-4-3-5-7-13)10-17-24(21,22)14-12(2)18-16-19(15(14)20)8-9-23-16/h3-9,11,17H,10H2,1-2H3/t11-/m1/s1. The third-order valence-electron chi connectivity index (χ3n) is 3.81. The first-order chi connectivity index (χ1) is 11.4. The third kappa shape index (κ3) is 3.12. The molecule has 0 aliphatic heterocycles. The Balaban J connectivity index is 1.90. The Morgan fingerprint density at radius 2 is 2.00 bits per heavy atom. The molecule has 126 valence electrons. The van der Waals surface area contributed by atoms with Gasteiger partial charge >= 0.3 is 0 Å². The summed E-state index contributed by atoms with van der Waals surface area (Å²) in [5.41, 5.74) is 0.668. The van der Waals surface area contributed by atoms with Crippen LogP contribution in [0.3, 0.4) is 0 Å². The Kier molecular flexibility index (Phi) is 4.53. The predicted molar refractivity (Wildman–Crippen MR) is 94.1 cm³/mol. The molecule has 1 atom stereocenters. The van der Waals surface area contributed by atoms with Crippen molar-refractivity contribution >= 4 is 26.3 Å². The van der Waals surface area contributed by atoms with Crippen LogP contribution in [0.4, 0.5) is 0 Å². The van der Waals surface area contributed by atoms with E-state index in [1.165, 1.54) is 28.9 Å². The average Bonchev–Trinajstić information content (AvgIpc) is 3.02. The van der Waals surface area contributed by atoms with Crippen LogP contribution in [0.1, 0.15) is 24.1 Å². The maximum Gasteiger partial charge on any atom is 0.279 e. The van der Waals surface area contributed by atoms with E-state index >= 15 is 0 Å². The number of sulfonamides is 1. The fourth-order valence-corrected chi connectivity index (χ4v) is 4.61. The van der Waals surface area contributed by atoms with Crippen LogP contribution in [0.5, 0.6) is 0 Å². The van der Waals surface area contributed by atoms with Crippen molar-refractivity contribution < 1.29 is 8.42 Å². The van der Waals surface area contributed by atoms with Gasteiger partial charge in [-0.25, -0.2) is 18.1 Å². The van der Waals surface area contributed by atoms with Crippen LogP contribution in [0, 0.1) is 6.92 Å². The summed E-state index contributed by atoms with van der Waals surface area (Å²) in [4.78, 5) is 16.9. The molecule has 2 heterocycles. The molecule has 0 saturated heterocycles. The summed E-state index contributed by atoms with van der Waals surface area (Å²) < 4.78 is 29.0. The second-order valence-electron chi connectivity index (χ2n) is 5.55. The van der Waals surface area contributed by atoms with E-state index in [4.69, 9.17) is 0 Å². The average molecular weight is 363 g/mol. The summed E-state index contributed by atoms with van der Waals surface area (Å²) in [6, 6.07) is 9.61. The number of rotatable bonds is 5. The lowest BCUT2D eigenvalue weighted by Crippen LogP contribution is -2.34. The number of aromatic nitrogens is 2. The van der Waals surface area contributed by atoms with Gasteiger partial charge in [-0.1, -0.05) is 37.3 Å². The maximum absolute atomic E-state index is 12.6. The van der Waals surface area contributed by atoms with E-state index in [0.717, 1.165) is 5.56 Å². The number of hydrogen-bond acceptors (Lipinski definition) is 5. The van der Waals surface area contributed by atoms with Crippen molar-refractivity contribution in [2.75, 3.05) is 6.54 Å². The molecule has 6 nitrogen and oxygen atoms in total. The molecule has 0 aliphatic carbocycles. The van der Waals surface area contributed by atoms with Crippen molar-refractivity contribution in [2.24, 2.45) is 0 Å². The molecule has 1 N–H and O–H groups in total. The van der Waals surface area contributed by atoms with Crippen molar-refractivity contribution in [3.05, 3.63) is 63.5 Å². The molecule has 0 radical (unpaired) electrons. The Morgan fingerprint density at radius 1 is 1.29 bits per heavy atom. The number of thiazole rings is 1. The molecule has 1 aromatic carbocycles. The van der Waals surface area contributed by atoms with Gasteiger partial charge < -0.3 is 0 Å². The summed E-state index contributed by atoms with van der Waals surface area (Å²) in [6.07, 6.45) is 1.53. The first kappa shape index (κ1) is 16.8. The number of fused-ring (bicyclic) bond motifs is 1. The highest BCUT2D eigenvalue weighted by atomic mass is 32.2. The first-order valence-electron chi connectivity index (χ1n) is 7.41. The summed E-state index contributed by atoms with van der Waals surface area (Å²) >= 11 is 1.29. The highest BCUT2D eigenvalue weighted by Gasteiger charge is 2.24. The minimum absolute atomic E-state index is 0.0122. The summed E-state index contributed by atoms with van der Waals surface area (Å²) in [6.45, 7) is 3.67. The van der Waals surface area contributed by atoms with Crippen LogP contribution in [0.15, 0.2) is 51.6 Å². The zero-order valence-electron chi connectivity index (χ0n) is 13.3. The number of benzene rings is 1. The Bertz CT molecular complexity index is 1020. The molecule has 0 saturated carbocycles. The number of nitrogens with zero attached hydrogens (tertiary/aromatic N) is 2. The molecular formula is C16H17N3O3S2. The SMILES string of the molecule is Cc1nc2sccn2c(=O)c1S(=O)(=O)NC[C@@H](C)c1ccccc1. The van der Waals surface area contributed by atoms with Gasteiger partial charge in [0, 0.05) is 18.1 Å². The molecule has 3 aromatic rings. The van der Waals surface area contributed by atoms with E-state index in [2.05, 4.69) is 9.71 Å². The highest BCUT2D eigenvalue weighted by molar-refractivity contribution is 7.89. The Labute approximate surface area is 143 Å². The molecule has 24 heavy (non-hydrogen) atoms.